The van der Waals surface area contributed by atoms with Crippen LogP contribution >= 0.6 is 0 Å². The molecule has 0 bridgehead atoms. The molecule has 12 nitrogen and oxygen atoms in total. The fraction of sp³-hybridized carbons (Fsp3) is 0.987. The molecule has 1 rings (SSSR count). The fourth-order valence-electron chi connectivity index (χ4n) is 13.4. The number of nitrogens with one attached hydrogen (secondary N) is 1. The Balaban J connectivity index is 2.14. The van der Waals surface area contributed by atoms with E-state index in [0.29, 0.717) is 12.8 Å². The van der Waals surface area contributed by atoms with Crippen LogP contribution in [0.25, 0.3) is 0 Å². The van der Waals surface area contributed by atoms with E-state index in [1.54, 1.807) is 0 Å². The number of rotatable bonds is 72. The van der Waals surface area contributed by atoms with Crippen molar-refractivity contribution in [3.63, 3.8) is 0 Å². The van der Waals surface area contributed by atoms with Crippen LogP contribution in [0.2, 0.25) is 0 Å². The summed E-state index contributed by atoms with van der Waals surface area (Å²) in [6.07, 6.45) is 74.6. The van der Waals surface area contributed by atoms with E-state index in [9.17, 15) is 38.2 Å². The monoisotopic (exact) mass is 1290 g/mol. The third kappa shape index (κ3) is 57.1. The van der Waals surface area contributed by atoms with Crippen molar-refractivity contribution < 1.29 is 51.8 Å². The predicted octanol–water partition coefficient (Wildman–Crippen LogP) is 21.5. The molecule has 7 unspecified atom stereocenters. The quantitative estimate of drug-likeness (QED) is 0.0251. The van der Waals surface area contributed by atoms with E-state index in [0.717, 1.165) is 51.4 Å². The van der Waals surface area contributed by atoms with Gasteiger partial charge >= 0.3 is 10.4 Å². The van der Waals surface area contributed by atoms with Crippen LogP contribution < -0.4 is 5.32 Å². The minimum Gasteiger partial charge on any atom is -0.394 e. The van der Waals surface area contributed by atoms with Crippen molar-refractivity contribution in [1.82, 2.24) is 5.32 Å². The van der Waals surface area contributed by atoms with Crippen molar-refractivity contribution in [2.75, 3.05) is 13.2 Å². The van der Waals surface area contributed by atoms with Gasteiger partial charge in [-0.05, 0) is 12.8 Å². The highest BCUT2D eigenvalue weighted by molar-refractivity contribution is 7.80. The van der Waals surface area contributed by atoms with Gasteiger partial charge in [-0.3, -0.25) is 9.35 Å². The second-order valence-electron chi connectivity index (χ2n) is 28.0. The molecular weight excluding hydrogens is 1130 g/mol. The van der Waals surface area contributed by atoms with Crippen LogP contribution in [0, 0.1) is 0 Å². The highest BCUT2D eigenvalue weighted by Gasteiger charge is 2.48. The molecule has 1 amide bonds. The Labute approximate surface area is 551 Å². The summed E-state index contributed by atoms with van der Waals surface area (Å²) in [5.74, 6) is -0.217. The molecule has 1 aliphatic heterocycles. The summed E-state index contributed by atoms with van der Waals surface area (Å²) in [5, 5.41) is 45.4. The van der Waals surface area contributed by atoms with Gasteiger partial charge in [0.15, 0.2) is 6.29 Å². The lowest BCUT2D eigenvalue weighted by Gasteiger charge is -2.41. The van der Waals surface area contributed by atoms with E-state index in [2.05, 4.69) is 23.3 Å². The summed E-state index contributed by atoms with van der Waals surface area (Å²) >= 11 is 0. The van der Waals surface area contributed by atoms with Crippen molar-refractivity contribution in [2.24, 2.45) is 0 Å². The van der Waals surface area contributed by atoms with Crippen LogP contribution in [0.1, 0.15) is 425 Å². The predicted molar refractivity (Wildman–Crippen MR) is 375 cm³/mol. The lowest BCUT2D eigenvalue weighted by atomic mass is 9.99. The van der Waals surface area contributed by atoms with Gasteiger partial charge in [0, 0.05) is 6.42 Å². The van der Waals surface area contributed by atoms with Gasteiger partial charge in [0.05, 0.1) is 25.4 Å². The molecule has 89 heavy (non-hydrogen) atoms. The molecule has 6 N–H and O–H groups in total. The fourth-order valence-corrected chi connectivity index (χ4v) is 13.9. The highest BCUT2D eigenvalue weighted by Crippen LogP contribution is 2.27. The first-order valence-electron chi connectivity index (χ1n) is 39.4. The minimum atomic E-state index is -5.08. The van der Waals surface area contributed by atoms with Crippen LogP contribution in [0.5, 0.6) is 0 Å². The summed E-state index contributed by atoms with van der Waals surface area (Å²) < 4.78 is 48.2. The number of unbranched alkanes of at least 4 members (excludes halogenated alkanes) is 60. The van der Waals surface area contributed by atoms with E-state index in [1.165, 1.54) is 347 Å². The van der Waals surface area contributed by atoms with Crippen molar-refractivity contribution in [1.29, 1.82) is 0 Å². The molecule has 1 heterocycles. The maximum absolute atomic E-state index is 13.3. The van der Waals surface area contributed by atoms with Crippen LogP contribution in [-0.2, 0) is 28.9 Å². The van der Waals surface area contributed by atoms with E-state index < -0.39 is 59.9 Å². The summed E-state index contributed by atoms with van der Waals surface area (Å²) in [7, 11) is -5.08. The van der Waals surface area contributed by atoms with E-state index in [-0.39, 0.29) is 12.5 Å². The molecule has 0 aromatic carbocycles. The minimum absolute atomic E-state index is 0.217. The summed E-state index contributed by atoms with van der Waals surface area (Å²) in [4.78, 5) is 13.3. The van der Waals surface area contributed by atoms with Gasteiger partial charge in [0.2, 0.25) is 5.91 Å². The molecule has 13 heteroatoms. The third-order valence-electron chi connectivity index (χ3n) is 19.4. The topological polar surface area (TPSA) is 192 Å². The van der Waals surface area contributed by atoms with E-state index in [1.807, 2.05) is 0 Å². The SMILES string of the molecule is CCCCCCCCCCCCCCCCCCCCCCCCCCCCCCCCCCCCCCCC(=O)NC(COC1OC(CO)C(O)C(OS(=O)(=O)O)C1O)C(O)CCCCCCCCCCCCCCCCCCCCCCCCCCC. The molecule has 1 aliphatic rings. The summed E-state index contributed by atoms with van der Waals surface area (Å²) in [5.41, 5.74) is 0. The van der Waals surface area contributed by atoms with Crippen LogP contribution in [-0.4, -0.2) is 95.4 Å². The lowest BCUT2D eigenvalue weighted by Crippen LogP contribution is -2.61. The third-order valence-corrected chi connectivity index (χ3v) is 19.9. The number of hydrogen-bond acceptors (Lipinski definition) is 10. The van der Waals surface area contributed by atoms with Crippen LogP contribution in [0.15, 0.2) is 0 Å². The van der Waals surface area contributed by atoms with Crippen molar-refractivity contribution >= 4 is 16.3 Å². The molecular formula is C76H151NO11S. The number of carbonyl (C=O) groups is 1. The average molecular weight is 1290 g/mol. The number of ether oxygens (including phenoxy) is 2. The first kappa shape index (κ1) is 86.1. The Kier molecular flexibility index (Phi) is 63.6. The number of carbonyl (C=O) groups excluding carboxylic acids is 1. The summed E-state index contributed by atoms with van der Waals surface area (Å²) in [6, 6.07) is -0.856. The van der Waals surface area contributed by atoms with Gasteiger partial charge in [-0.25, -0.2) is 4.18 Å². The van der Waals surface area contributed by atoms with Crippen molar-refractivity contribution in [3.8, 4) is 0 Å². The van der Waals surface area contributed by atoms with Crippen LogP contribution in [0.4, 0.5) is 0 Å². The molecule has 1 saturated heterocycles. The Morgan fingerprint density at radius 2 is 0.652 bits per heavy atom. The first-order chi connectivity index (χ1) is 43.5. The van der Waals surface area contributed by atoms with Gasteiger partial charge in [-0.15, -0.1) is 0 Å². The maximum atomic E-state index is 13.3. The van der Waals surface area contributed by atoms with E-state index in [4.69, 9.17) is 9.47 Å². The average Bonchev–Trinajstić information content (AvgIpc) is 1.63. The molecule has 0 spiro atoms. The Bertz CT molecular complexity index is 1560. The Morgan fingerprint density at radius 3 is 0.899 bits per heavy atom. The highest BCUT2D eigenvalue weighted by atomic mass is 32.3. The zero-order valence-corrected chi connectivity index (χ0v) is 59.6. The van der Waals surface area contributed by atoms with Gasteiger partial charge in [0.1, 0.15) is 24.4 Å². The maximum Gasteiger partial charge on any atom is 0.397 e. The number of amides is 1. The molecule has 0 saturated carbocycles. The Morgan fingerprint density at radius 1 is 0.404 bits per heavy atom. The van der Waals surface area contributed by atoms with Gasteiger partial charge in [0.25, 0.3) is 0 Å². The molecule has 1 fully saturated rings. The number of aliphatic hydroxyl groups excluding tert-OH is 4. The molecule has 7 atom stereocenters. The first-order valence-corrected chi connectivity index (χ1v) is 40.8. The second kappa shape index (κ2) is 65.7. The van der Waals surface area contributed by atoms with Crippen molar-refractivity contribution in [2.45, 2.75) is 468 Å². The number of aliphatic hydroxyl groups is 4. The molecule has 0 radical (unpaired) electrons. The molecule has 0 aliphatic carbocycles. The lowest BCUT2D eigenvalue weighted by molar-refractivity contribution is -0.298. The van der Waals surface area contributed by atoms with Gasteiger partial charge in [-0.1, -0.05) is 406 Å². The largest absolute Gasteiger partial charge is 0.397 e. The zero-order valence-electron chi connectivity index (χ0n) is 58.8. The normalized spacial score (nSPS) is 17.9. The van der Waals surface area contributed by atoms with Crippen LogP contribution in [0.3, 0.4) is 0 Å². The molecule has 532 valence electrons. The zero-order chi connectivity index (χ0) is 64.6. The number of hydrogen-bond donors (Lipinski definition) is 6. The second-order valence-corrected chi connectivity index (χ2v) is 29.1. The smallest absolute Gasteiger partial charge is 0.394 e. The van der Waals surface area contributed by atoms with Crippen molar-refractivity contribution in [3.05, 3.63) is 0 Å². The standard InChI is InChI=1S/C76H151NO11S/c1-3-5-7-9-11-13-15-17-19-21-23-25-27-29-30-31-32-33-34-35-36-37-38-39-40-42-44-46-48-50-52-54-56-58-60-62-64-66-72(80)77-69(68-86-76-74(82)75(88-89(83,84)85)73(81)71(67-78)87-76)70(79)65-63-61-59-57-55-53-51-49-47-45-43-41-28-26-24-22-20-18-16-14-12-10-8-6-4-2/h69-71,73-76,78-79,81-82H,3-68H2,1-2H3,(H,77,80)(H,83,84,85). The van der Waals surface area contributed by atoms with Gasteiger partial charge < -0.3 is 35.2 Å². The molecule has 0 aromatic heterocycles. The Hall–Kier alpha value is -0.900. The summed E-state index contributed by atoms with van der Waals surface area (Å²) in [6.45, 7) is 3.55. The van der Waals surface area contributed by atoms with Gasteiger partial charge in [-0.2, -0.15) is 8.42 Å². The molecule has 0 aromatic rings. The van der Waals surface area contributed by atoms with E-state index >= 15 is 0 Å².